The van der Waals surface area contributed by atoms with Crippen molar-refractivity contribution >= 4 is 34.9 Å². The van der Waals surface area contributed by atoms with Gasteiger partial charge in [-0.15, -0.1) is 0 Å². The highest BCUT2D eigenvalue weighted by Gasteiger charge is 2.23. The van der Waals surface area contributed by atoms with Crippen LogP contribution in [0.25, 0.3) is 0 Å². The first-order valence-electron chi connectivity index (χ1n) is 5.67. The Balaban J connectivity index is 1.91. The Morgan fingerprint density at radius 1 is 1.42 bits per heavy atom. The second-order valence-electron chi connectivity index (χ2n) is 4.03. The third kappa shape index (κ3) is 3.41. The lowest BCUT2D eigenvalue weighted by Gasteiger charge is -2.12. The smallest absolute Gasteiger partial charge is 0.410 e. The summed E-state index contributed by atoms with van der Waals surface area (Å²) in [7, 11) is 0. The summed E-state index contributed by atoms with van der Waals surface area (Å²) in [6, 6.07) is 6.85. The molecule has 0 atom stereocenters. The van der Waals surface area contributed by atoms with Crippen molar-refractivity contribution in [3.8, 4) is 0 Å². The van der Waals surface area contributed by atoms with Gasteiger partial charge < -0.3 is 15.8 Å². The normalized spacial score (nSPS) is 14.1. The van der Waals surface area contributed by atoms with Gasteiger partial charge in [0.25, 0.3) is 0 Å². The van der Waals surface area contributed by atoms with Crippen LogP contribution in [0.5, 0.6) is 0 Å². The molecule has 6 nitrogen and oxygen atoms in total. The number of hydrogen-bond donors (Lipinski definition) is 2. The highest BCUT2D eigenvalue weighted by molar-refractivity contribution is 7.80. The van der Waals surface area contributed by atoms with Gasteiger partial charge >= 0.3 is 6.09 Å². The summed E-state index contributed by atoms with van der Waals surface area (Å²) in [5.74, 6) is -0.276. The van der Waals surface area contributed by atoms with Gasteiger partial charge in [-0.1, -0.05) is 12.2 Å². The number of thiocarbonyl (C=S) groups is 1. The first kappa shape index (κ1) is 13.3. The van der Waals surface area contributed by atoms with E-state index in [-0.39, 0.29) is 12.5 Å². The van der Waals surface area contributed by atoms with Crippen LogP contribution in [0.15, 0.2) is 24.3 Å². The number of nitrogens with zero attached hydrogens (tertiary/aromatic N) is 1. The fraction of sp³-hybridized carbons (Fsp3) is 0.250. The monoisotopic (exact) mass is 279 g/mol. The fourth-order valence-electron chi connectivity index (χ4n) is 1.66. The average molecular weight is 279 g/mol. The van der Waals surface area contributed by atoms with Gasteiger partial charge in [-0.3, -0.25) is 9.69 Å². The average Bonchev–Trinajstić information content (AvgIpc) is 2.75. The summed E-state index contributed by atoms with van der Waals surface area (Å²) >= 11 is 4.83. The van der Waals surface area contributed by atoms with Gasteiger partial charge in [0.1, 0.15) is 18.1 Å². The SMILES string of the molecule is NC(=S)c1ccc(NC(=O)CN2CCOC2=O)cc1. The Labute approximate surface area is 115 Å². The minimum absolute atomic E-state index is 0.0180. The lowest BCUT2D eigenvalue weighted by molar-refractivity contribution is -0.116. The van der Waals surface area contributed by atoms with Crippen LogP contribution in [-0.4, -0.2) is 41.6 Å². The van der Waals surface area contributed by atoms with E-state index in [2.05, 4.69) is 5.32 Å². The van der Waals surface area contributed by atoms with E-state index in [9.17, 15) is 9.59 Å². The molecule has 2 amide bonds. The topological polar surface area (TPSA) is 84.7 Å². The van der Waals surface area contributed by atoms with Crippen molar-refractivity contribution in [1.82, 2.24) is 4.90 Å². The summed E-state index contributed by atoms with van der Waals surface area (Å²) in [5, 5.41) is 2.68. The Morgan fingerprint density at radius 3 is 2.63 bits per heavy atom. The van der Waals surface area contributed by atoms with Crippen molar-refractivity contribution in [2.45, 2.75) is 0 Å². The summed E-state index contributed by atoms with van der Waals surface area (Å²) in [6.07, 6.45) is -0.459. The number of cyclic esters (lactones) is 1. The van der Waals surface area contributed by atoms with Crippen molar-refractivity contribution in [3.05, 3.63) is 29.8 Å². The zero-order chi connectivity index (χ0) is 13.8. The Bertz CT molecular complexity index is 515. The zero-order valence-corrected chi connectivity index (χ0v) is 10.9. The molecule has 100 valence electrons. The molecule has 0 aliphatic carbocycles. The maximum Gasteiger partial charge on any atom is 0.410 e. The molecule has 1 heterocycles. The number of ether oxygens (including phenoxy) is 1. The number of anilines is 1. The molecule has 1 aliphatic heterocycles. The summed E-state index contributed by atoms with van der Waals surface area (Å²) < 4.78 is 4.74. The van der Waals surface area contributed by atoms with Crippen LogP contribution in [0.4, 0.5) is 10.5 Å². The minimum Gasteiger partial charge on any atom is -0.448 e. The van der Waals surface area contributed by atoms with Crippen molar-refractivity contribution in [3.63, 3.8) is 0 Å². The number of amides is 2. The number of rotatable bonds is 4. The third-order valence-corrected chi connectivity index (χ3v) is 2.87. The number of hydrogen-bond acceptors (Lipinski definition) is 4. The zero-order valence-electron chi connectivity index (χ0n) is 10.1. The first-order valence-corrected chi connectivity index (χ1v) is 6.08. The standard InChI is InChI=1S/C12H13N3O3S/c13-11(19)8-1-3-9(4-2-8)14-10(16)7-15-5-6-18-12(15)17/h1-4H,5-7H2,(H2,13,19)(H,14,16). The number of benzene rings is 1. The van der Waals surface area contributed by atoms with E-state index in [1.54, 1.807) is 24.3 Å². The van der Waals surface area contributed by atoms with E-state index >= 15 is 0 Å². The van der Waals surface area contributed by atoms with Crippen LogP contribution in [0, 0.1) is 0 Å². The number of carbonyl (C=O) groups is 2. The van der Waals surface area contributed by atoms with E-state index in [1.807, 2.05) is 0 Å². The minimum atomic E-state index is -0.459. The summed E-state index contributed by atoms with van der Waals surface area (Å²) in [5.41, 5.74) is 6.83. The van der Waals surface area contributed by atoms with Crippen LogP contribution in [-0.2, 0) is 9.53 Å². The predicted octanol–water partition coefficient (Wildman–Crippen LogP) is 0.711. The molecule has 19 heavy (non-hydrogen) atoms. The molecule has 0 spiro atoms. The lowest BCUT2D eigenvalue weighted by Crippen LogP contribution is -2.33. The van der Waals surface area contributed by atoms with Crippen LogP contribution in [0.2, 0.25) is 0 Å². The molecule has 2 rings (SSSR count). The molecule has 1 aliphatic rings. The molecule has 7 heteroatoms. The molecule has 0 radical (unpaired) electrons. The van der Waals surface area contributed by atoms with Gasteiger partial charge in [-0.05, 0) is 24.3 Å². The summed E-state index contributed by atoms with van der Waals surface area (Å²) in [4.78, 5) is 24.5. The van der Waals surface area contributed by atoms with Crippen molar-refractivity contribution in [1.29, 1.82) is 0 Å². The van der Waals surface area contributed by atoms with Crippen molar-refractivity contribution in [2.24, 2.45) is 5.73 Å². The van der Waals surface area contributed by atoms with E-state index in [0.29, 0.717) is 23.8 Å². The Kier molecular flexibility index (Phi) is 3.96. The van der Waals surface area contributed by atoms with E-state index in [4.69, 9.17) is 22.7 Å². The molecular formula is C12H13N3O3S. The maximum atomic E-state index is 11.7. The Morgan fingerprint density at radius 2 is 2.11 bits per heavy atom. The summed E-state index contributed by atoms with van der Waals surface area (Å²) in [6.45, 7) is 0.747. The second-order valence-corrected chi connectivity index (χ2v) is 4.47. The van der Waals surface area contributed by atoms with Crippen LogP contribution in [0.3, 0.4) is 0 Å². The molecule has 1 aromatic rings. The van der Waals surface area contributed by atoms with Gasteiger partial charge in [0.2, 0.25) is 5.91 Å². The Hall–Kier alpha value is -2.15. The number of nitrogens with two attached hydrogens (primary N) is 1. The first-order chi connectivity index (χ1) is 9.06. The third-order valence-electron chi connectivity index (χ3n) is 2.63. The van der Waals surface area contributed by atoms with E-state index in [1.165, 1.54) is 4.90 Å². The van der Waals surface area contributed by atoms with E-state index < -0.39 is 6.09 Å². The van der Waals surface area contributed by atoms with E-state index in [0.717, 1.165) is 5.56 Å². The molecule has 0 saturated carbocycles. The molecule has 1 aromatic carbocycles. The molecule has 0 aromatic heterocycles. The van der Waals surface area contributed by atoms with Crippen LogP contribution < -0.4 is 11.1 Å². The van der Waals surface area contributed by atoms with Gasteiger partial charge in [0.05, 0.1) is 6.54 Å². The van der Waals surface area contributed by atoms with Gasteiger partial charge in [0, 0.05) is 11.3 Å². The lowest BCUT2D eigenvalue weighted by atomic mass is 10.2. The second kappa shape index (κ2) is 5.66. The number of carbonyl (C=O) groups excluding carboxylic acids is 2. The van der Waals surface area contributed by atoms with Crippen molar-refractivity contribution < 1.29 is 14.3 Å². The van der Waals surface area contributed by atoms with Crippen LogP contribution >= 0.6 is 12.2 Å². The maximum absolute atomic E-state index is 11.7. The molecular weight excluding hydrogens is 266 g/mol. The van der Waals surface area contributed by atoms with Gasteiger partial charge in [0.15, 0.2) is 0 Å². The molecule has 1 saturated heterocycles. The van der Waals surface area contributed by atoms with Crippen molar-refractivity contribution in [2.75, 3.05) is 25.0 Å². The predicted molar refractivity (Wildman–Crippen MR) is 73.9 cm³/mol. The largest absolute Gasteiger partial charge is 0.448 e. The molecule has 3 N–H and O–H groups in total. The molecule has 0 bridgehead atoms. The fourth-order valence-corrected chi connectivity index (χ4v) is 1.80. The van der Waals surface area contributed by atoms with Crippen LogP contribution in [0.1, 0.15) is 5.56 Å². The quantitative estimate of drug-likeness (QED) is 0.793. The number of nitrogens with one attached hydrogen (secondary N) is 1. The highest BCUT2D eigenvalue weighted by atomic mass is 32.1. The molecule has 1 fully saturated rings. The molecule has 0 unspecified atom stereocenters. The van der Waals surface area contributed by atoms with Gasteiger partial charge in [-0.2, -0.15) is 0 Å². The van der Waals surface area contributed by atoms with Gasteiger partial charge in [-0.25, -0.2) is 4.79 Å². The highest BCUT2D eigenvalue weighted by Crippen LogP contribution is 2.10.